The van der Waals surface area contributed by atoms with Gasteiger partial charge in [0.2, 0.25) is 0 Å². The number of ketones is 1. The molecule has 3 N–H and O–H groups in total. The number of carbonyl (C=O) groups excluding carboxylic acids is 2. The lowest BCUT2D eigenvalue weighted by atomic mass is 9.96. The standard InChI is InChI=1S/C21H20F3N3O5S/c1-2-33(31,32)16-9-11(20(29)30)3-4-13(16)19(25)18-14(5-6-15(18)28)27-12-7-8-26-17(10-12)21(22,23)24/h3-4,7-10,19H,2,5-6,25H2,1H3,(H,26,27)(H,29,30)/p-1. The molecule has 1 aliphatic carbocycles. The van der Waals surface area contributed by atoms with E-state index in [1.165, 1.54) is 19.1 Å². The van der Waals surface area contributed by atoms with E-state index in [4.69, 9.17) is 5.73 Å². The van der Waals surface area contributed by atoms with Gasteiger partial charge in [0.15, 0.2) is 15.6 Å². The maximum absolute atomic E-state index is 13.0. The molecule has 1 heterocycles. The van der Waals surface area contributed by atoms with Crippen LogP contribution < -0.4 is 16.2 Å². The van der Waals surface area contributed by atoms with Crippen LogP contribution in [0.5, 0.6) is 0 Å². The van der Waals surface area contributed by atoms with Crippen LogP contribution in [0.4, 0.5) is 18.9 Å². The number of benzene rings is 1. The maximum Gasteiger partial charge on any atom is 0.433 e. The number of sulfone groups is 1. The first-order chi connectivity index (χ1) is 15.3. The Balaban J connectivity index is 2.08. The van der Waals surface area contributed by atoms with Crippen molar-refractivity contribution in [2.75, 3.05) is 11.1 Å². The van der Waals surface area contributed by atoms with Crippen molar-refractivity contribution < 1.29 is 36.3 Å². The zero-order valence-electron chi connectivity index (χ0n) is 17.3. The van der Waals surface area contributed by atoms with Crippen LogP contribution >= 0.6 is 0 Å². The number of carboxylic acids is 1. The summed E-state index contributed by atoms with van der Waals surface area (Å²) in [5.41, 5.74) is 5.05. The number of halogens is 3. The third-order valence-corrected chi connectivity index (χ3v) is 6.97. The molecule has 1 aliphatic rings. The molecule has 1 unspecified atom stereocenters. The summed E-state index contributed by atoms with van der Waals surface area (Å²) in [6, 6.07) is 4.04. The van der Waals surface area contributed by atoms with Crippen LogP contribution in [0.2, 0.25) is 0 Å². The number of nitrogens with two attached hydrogens (primary N) is 1. The van der Waals surface area contributed by atoms with Crippen molar-refractivity contribution in [3.05, 3.63) is 64.6 Å². The number of aromatic nitrogens is 1. The fraction of sp³-hybridized carbons (Fsp3) is 0.286. The topological polar surface area (TPSA) is 142 Å². The van der Waals surface area contributed by atoms with Crippen molar-refractivity contribution in [3.63, 3.8) is 0 Å². The molecule has 0 saturated carbocycles. The van der Waals surface area contributed by atoms with E-state index >= 15 is 0 Å². The Labute approximate surface area is 187 Å². The van der Waals surface area contributed by atoms with E-state index in [-0.39, 0.29) is 51.6 Å². The fourth-order valence-corrected chi connectivity index (χ4v) is 4.67. The van der Waals surface area contributed by atoms with Crippen molar-refractivity contribution in [1.29, 1.82) is 0 Å². The number of pyridine rings is 1. The van der Waals surface area contributed by atoms with Crippen molar-refractivity contribution in [2.24, 2.45) is 5.73 Å². The van der Waals surface area contributed by atoms with Crippen LogP contribution in [-0.4, -0.2) is 30.9 Å². The third kappa shape index (κ3) is 5.06. The molecule has 0 saturated heterocycles. The number of nitrogens with zero attached hydrogens (tertiary/aromatic N) is 1. The van der Waals surface area contributed by atoms with E-state index in [0.29, 0.717) is 0 Å². The van der Waals surface area contributed by atoms with Gasteiger partial charge in [-0.05, 0) is 35.7 Å². The number of Topliss-reactive ketones (excluding diaryl/α,β-unsaturated/α-hetero) is 1. The van der Waals surface area contributed by atoms with Gasteiger partial charge in [0.1, 0.15) is 5.69 Å². The molecule has 0 amide bonds. The first-order valence-electron chi connectivity index (χ1n) is 9.75. The Morgan fingerprint density at radius 2 is 1.94 bits per heavy atom. The SMILES string of the molecule is CCS(=O)(=O)c1cc(C(=O)[O-])ccc1C(N)C1=C(Nc2ccnc(C(F)(F)F)c2)CCC1=O. The average molecular weight is 482 g/mol. The van der Waals surface area contributed by atoms with Gasteiger partial charge in [0.25, 0.3) is 0 Å². The molecule has 0 radical (unpaired) electrons. The maximum atomic E-state index is 13.0. The van der Waals surface area contributed by atoms with E-state index < -0.39 is 39.5 Å². The number of nitrogens with one attached hydrogen (secondary N) is 1. The number of hydrogen-bond acceptors (Lipinski definition) is 8. The second-order valence-electron chi connectivity index (χ2n) is 7.29. The minimum absolute atomic E-state index is 0.00268. The normalized spacial score (nSPS) is 15.6. The highest BCUT2D eigenvalue weighted by Crippen LogP contribution is 2.36. The lowest BCUT2D eigenvalue weighted by molar-refractivity contribution is -0.255. The van der Waals surface area contributed by atoms with Crippen molar-refractivity contribution in [2.45, 2.75) is 36.9 Å². The summed E-state index contributed by atoms with van der Waals surface area (Å²) in [7, 11) is -3.93. The second kappa shape index (κ2) is 8.94. The monoisotopic (exact) mass is 482 g/mol. The van der Waals surface area contributed by atoms with Gasteiger partial charge in [-0.15, -0.1) is 0 Å². The van der Waals surface area contributed by atoms with Crippen LogP contribution in [0.15, 0.2) is 52.7 Å². The van der Waals surface area contributed by atoms with Crippen molar-refractivity contribution >= 4 is 27.3 Å². The number of alkyl halides is 3. The summed E-state index contributed by atoms with van der Waals surface area (Å²) in [5.74, 6) is -2.34. The van der Waals surface area contributed by atoms with Gasteiger partial charge in [-0.25, -0.2) is 8.42 Å². The van der Waals surface area contributed by atoms with Crippen LogP contribution in [0.25, 0.3) is 0 Å². The van der Waals surface area contributed by atoms with E-state index in [2.05, 4.69) is 10.3 Å². The number of aromatic carboxylic acids is 1. The van der Waals surface area contributed by atoms with E-state index in [9.17, 15) is 36.3 Å². The Kier molecular flexibility index (Phi) is 6.61. The van der Waals surface area contributed by atoms with Crippen molar-refractivity contribution in [1.82, 2.24) is 4.98 Å². The number of rotatable bonds is 7. The highest BCUT2D eigenvalue weighted by Gasteiger charge is 2.34. The van der Waals surface area contributed by atoms with E-state index in [1.54, 1.807) is 0 Å². The molecule has 1 aromatic carbocycles. The molecule has 1 atom stereocenters. The van der Waals surface area contributed by atoms with Crippen LogP contribution in [0.3, 0.4) is 0 Å². The molecule has 12 heteroatoms. The van der Waals surface area contributed by atoms with Gasteiger partial charge in [0, 0.05) is 29.6 Å². The van der Waals surface area contributed by atoms with Crippen LogP contribution in [0, 0.1) is 0 Å². The molecule has 3 rings (SSSR count). The molecular weight excluding hydrogens is 463 g/mol. The first kappa shape index (κ1) is 24.4. The molecule has 8 nitrogen and oxygen atoms in total. The Morgan fingerprint density at radius 3 is 2.55 bits per heavy atom. The van der Waals surface area contributed by atoms with Gasteiger partial charge in [-0.1, -0.05) is 19.1 Å². The minimum Gasteiger partial charge on any atom is -0.545 e. The predicted octanol–water partition coefficient (Wildman–Crippen LogP) is 1.99. The lowest BCUT2D eigenvalue weighted by Gasteiger charge is -2.20. The van der Waals surface area contributed by atoms with Crippen LogP contribution in [-0.2, 0) is 20.8 Å². The molecule has 0 spiro atoms. The lowest BCUT2D eigenvalue weighted by Crippen LogP contribution is -2.25. The average Bonchev–Trinajstić information content (AvgIpc) is 3.12. The zero-order valence-corrected chi connectivity index (χ0v) is 18.1. The highest BCUT2D eigenvalue weighted by atomic mass is 32.2. The zero-order chi connectivity index (χ0) is 24.6. The van der Waals surface area contributed by atoms with Crippen LogP contribution in [0.1, 0.15) is 47.4 Å². The molecule has 0 bridgehead atoms. The molecular formula is C21H19F3N3O5S-. The molecule has 176 valence electrons. The summed E-state index contributed by atoms with van der Waals surface area (Å²) in [6.07, 6.45) is -3.53. The molecule has 0 aliphatic heterocycles. The largest absolute Gasteiger partial charge is 0.545 e. The van der Waals surface area contributed by atoms with Gasteiger partial charge in [0.05, 0.1) is 22.7 Å². The van der Waals surface area contributed by atoms with Gasteiger partial charge >= 0.3 is 6.18 Å². The predicted molar refractivity (Wildman–Crippen MR) is 110 cm³/mol. The number of carbonyl (C=O) groups is 2. The second-order valence-corrected chi connectivity index (χ2v) is 9.54. The summed E-state index contributed by atoms with van der Waals surface area (Å²) in [6.45, 7) is 1.37. The van der Waals surface area contributed by atoms with Crippen molar-refractivity contribution in [3.8, 4) is 0 Å². The minimum atomic E-state index is -4.67. The number of anilines is 1. The van der Waals surface area contributed by atoms with Gasteiger partial charge < -0.3 is 21.0 Å². The first-order valence-corrected chi connectivity index (χ1v) is 11.4. The Morgan fingerprint density at radius 1 is 1.24 bits per heavy atom. The summed E-state index contributed by atoms with van der Waals surface area (Å²) in [5, 5.41) is 14.0. The number of hydrogen-bond donors (Lipinski definition) is 2. The Bertz CT molecular complexity index is 1260. The summed E-state index contributed by atoms with van der Waals surface area (Å²) < 4.78 is 64.1. The number of allylic oxidation sites excluding steroid dienone is 1. The molecule has 1 aromatic heterocycles. The van der Waals surface area contributed by atoms with E-state index in [0.717, 1.165) is 24.4 Å². The number of carboxylic acid groups (broad SMARTS) is 1. The summed E-state index contributed by atoms with van der Waals surface area (Å²) >= 11 is 0. The summed E-state index contributed by atoms with van der Waals surface area (Å²) in [4.78, 5) is 26.7. The molecule has 2 aromatic rings. The Hall–Kier alpha value is -3.25. The molecule has 0 fully saturated rings. The van der Waals surface area contributed by atoms with Gasteiger partial charge in [-0.2, -0.15) is 13.2 Å². The fourth-order valence-electron chi connectivity index (χ4n) is 3.50. The quantitative estimate of drug-likeness (QED) is 0.610. The van der Waals surface area contributed by atoms with E-state index in [1.807, 2.05) is 0 Å². The smallest absolute Gasteiger partial charge is 0.433 e. The molecule has 33 heavy (non-hydrogen) atoms. The third-order valence-electron chi connectivity index (χ3n) is 5.18. The highest BCUT2D eigenvalue weighted by molar-refractivity contribution is 7.91. The van der Waals surface area contributed by atoms with Gasteiger partial charge in [-0.3, -0.25) is 9.78 Å².